The van der Waals surface area contributed by atoms with Crippen LogP contribution in [-0.4, -0.2) is 7.11 Å². The first kappa shape index (κ1) is 12.4. The van der Waals surface area contributed by atoms with E-state index in [0.29, 0.717) is 12.5 Å². The number of nitrogens with two attached hydrogens (primary N) is 1. The van der Waals surface area contributed by atoms with Crippen LogP contribution < -0.4 is 10.6 Å². The van der Waals surface area contributed by atoms with Gasteiger partial charge < -0.3 is 4.74 Å². The quantitative estimate of drug-likeness (QED) is 0.815. The van der Waals surface area contributed by atoms with Crippen LogP contribution in [0.25, 0.3) is 0 Å². The lowest BCUT2D eigenvalue weighted by atomic mass is 9.83. The van der Waals surface area contributed by atoms with E-state index in [4.69, 9.17) is 15.5 Å². The first-order valence-corrected chi connectivity index (χ1v) is 6.33. The Morgan fingerprint density at radius 3 is 2.65 bits per heavy atom. The van der Waals surface area contributed by atoms with Crippen molar-refractivity contribution >= 4 is 0 Å². The van der Waals surface area contributed by atoms with Gasteiger partial charge in [-0.05, 0) is 36.5 Å². The smallest absolute Gasteiger partial charge is 0.124 e. The summed E-state index contributed by atoms with van der Waals surface area (Å²) in [5, 5.41) is 0. The molecule has 0 aliphatic heterocycles. The van der Waals surface area contributed by atoms with E-state index >= 15 is 0 Å². The molecule has 2 N–H and O–H groups in total. The molecular weight excluding hydrogens is 214 g/mol. The molecule has 0 radical (unpaired) electrons. The van der Waals surface area contributed by atoms with Crippen LogP contribution in [0.15, 0.2) is 18.2 Å². The number of rotatable bonds is 4. The fourth-order valence-corrected chi connectivity index (χ4v) is 2.69. The Hall–Kier alpha value is -1.06. The van der Waals surface area contributed by atoms with E-state index in [1.165, 1.54) is 37.7 Å². The summed E-state index contributed by atoms with van der Waals surface area (Å²) in [7, 11) is 1.68. The maximum Gasteiger partial charge on any atom is 0.124 e. The van der Waals surface area contributed by atoms with E-state index in [2.05, 4.69) is 12.1 Å². The molecule has 1 saturated carbocycles. The maximum absolute atomic E-state index is 5.30. The third-order valence-electron chi connectivity index (χ3n) is 3.62. The van der Waals surface area contributed by atoms with Crippen LogP contribution in [0.1, 0.15) is 49.1 Å². The van der Waals surface area contributed by atoms with Crippen LogP contribution in [0.2, 0.25) is 0 Å². The molecule has 17 heavy (non-hydrogen) atoms. The molecule has 0 saturated heterocycles. The minimum atomic E-state index is 0.406. The fraction of sp³-hybridized carbons (Fsp3) is 0.571. The predicted molar refractivity (Wildman–Crippen MR) is 67.8 cm³/mol. The highest BCUT2D eigenvalue weighted by molar-refractivity contribution is 5.38. The third kappa shape index (κ3) is 2.99. The first-order valence-electron chi connectivity index (χ1n) is 6.33. The molecule has 0 atom stereocenters. The van der Waals surface area contributed by atoms with Gasteiger partial charge in [0.05, 0.1) is 13.7 Å². The Labute approximate surface area is 103 Å². The van der Waals surface area contributed by atoms with Crippen LogP contribution >= 0.6 is 0 Å². The molecule has 0 heterocycles. The molecular formula is C14H21NO2. The summed E-state index contributed by atoms with van der Waals surface area (Å²) in [5.74, 6) is 6.71. The molecule has 3 heteroatoms. The van der Waals surface area contributed by atoms with Gasteiger partial charge in [-0.15, -0.1) is 0 Å². The topological polar surface area (TPSA) is 44.5 Å². The SMILES string of the molecule is COc1ccc(C2CCCCC2)cc1CON. The standard InChI is InChI=1S/C14H21NO2/c1-16-14-8-7-12(9-13(14)10-17-15)11-5-3-2-4-6-11/h7-9,11H,2-6,10,15H2,1H3. The van der Waals surface area contributed by atoms with Gasteiger partial charge in [-0.25, -0.2) is 5.90 Å². The minimum absolute atomic E-state index is 0.406. The van der Waals surface area contributed by atoms with Crippen molar-refractivity contribution in [3.8, 4) is 5.75 Å². The zero-order valence-electron chi connectivity index (χ0n) is 10.4. The van der Waals surface area contributed by atoms with Crippen molar-refractivity contribution in [1.82, 2.24) is 0 Å². The van der Waals surface area contributed by atoms with E-state index in [0.717, 1.165) is 11.3 Å². The summed E-state index contributed by atoms with van der Waals surface area (Å²) in [6, 6.07) is 6.38. The highest BCUT2D eigenvalue weighted by Gasteiger charge is 2.16. The maximum atomic E-state index is 5.30. The van der Waals surface area contributed by atoms with Gasteiger partial charge in [0.25, 0.3) is 0 Å². The monoisotopic (exact) mass is 235 g/mol. The molecule has 1 aliphatic carbocycles. The lowest BCUT2D eigenvalue weighted by molar-refractivity contribution is 0.122. The second kappa shape index (κ2) is 6.03. The third-order valence-corrected chi connectivity index (χ3v) is 3.62. The van der Waals surface area contributed by atoms with Crippen molar-refractivity contribution in [2.75, 3.05) is 7.11 Å². The van der Waals surface area contributed by atoms with E-state index in [1.807, 2.05) is 6.07 Å². The summed E-state index contributed by atoms with van der Waals surface area (Å²) in [6.45, 7) is 0.406. The van der Waals surface area contributed by atoms with Crippen LogP contribution in [0.5, 0.6) is 5.75 Å². The summed E-state index contributed by atoms with van der Waals surface area (Å²) < 4.78 is 5.30. The lowest BCUT2D eigenvalue weighted by Crippen LogP contribution is -2.07. The van der Waals surface area contributed by atoms with Crippen molar-refractivity contribution in [3.63, 3.8) is 0 Å². The van der Waals surface area contributed by atoms with E-state index in [1.54, 1.807) is 7.11 Å². The molecule has 0 spiro atoms. The number of ether oxygens (including phenoxy) is 1. The van der Waals surface area contributed by atoms with Crippen molar-refractivity contribution in [1.29, 1.82) is 0 Å². The van der Waals surface area contributed by atoms with Crippen LogP contribution in [0.3, 0.4) is 0 Å². The largest absolute Gasteiger partial charge is 0.496 e. The Bertz CT molecular complexity index is 359. The Balaban J connectivity index is 2.19. The second-order valence-corrected chi connectivity index (χ2v) is 4.72. The second-order valence-electron chi connectivity index (χ2n) is 4.72. The van der Waals surface area contributed by atoms with Gasteiger partial charge in [0.2, 0.25) is 0 Å². The average molecular weight is 235 g/mol. The summed E-state index contributed by atoms with van der Waals surface area (Å²) >= 11 is 0. The minimum Gasteiger partial charge on any atom is -0.496 e. The molecule has 0 unspecified atom stereocenters. The van der Waals surface area contributed by atoms with Gasteiger partial charge in [0, 0.05) is 5.56 Å². The van der Waals surface area contributed by atoms with Gasteiger partial charge >= 0.3 is 0 Å². The van der Waals surface area contributed by atoms with Crippen molar-refractivity contribution in [2.24, 2.45) is 5.90 Å². The van der Waals surface area contributed by atoms with Gasteiger partial charge in [0.1, 0.15) is 5.75 Å². The zero-order valence-corrected chi connectivity index (χ0v) is 10.4. The van der Waals surface area contributed by atoms with Crippen molar-refractivity contribution in [3.05, 3.63) is 29.3 Å². The molecule has 1 aliphatic rings. The first-order chi connectivity index (χ1) is 8.35. The molecule has 94 valence electrons. The highest BCUT2D eigenvalue weighted by atomic mass is 16.6. The van der Waals surface area contributed by atoms with Crippen molar-refractivity contribution in [2.45, 2.75) is 44.6 Å². The molecule has 3 nitrogen and oxygen atoms in total. The molecule has 0 aromatic heterocycles. The Kier molecular flexibility index (Phi) is 4.40. The summed E-state index contributed by atoms with van der Waals surface area (Å²) in [6.07, 6.45) is 6.68. The normalized spacial score (nSPS) is 17.1. The molecule has 1 aromatic carbocycles. The van der Waals surface area contributed by atoms with Gasteiger partial charge in [-0.1, -0.05) is 25.3 Å². The van der Waals surface area contributed by atoms with E-state index in [9.17, 15) is 0 Å². The van der Waals surface area contributed by atoms with Crippen LogP contribution in [0, 0.1) is 0 Å². The van der Waals surface area contributed by atoms with Gasteiger partial charge in [-0.2, -0.15) is 0 Å². The van der Waals surface area contributed by atoms with Gasteiger partial charge in [0.15, 0.2) is 0 Å². The molecule has 2 rings (SSSR count). The number of hydrogen-bond donors (Lipinski definition) is 1. The van der Waals surface area contributed by atoms with Crippen molar-refractivity contribution < 1.29 is 9.57 Å². The number of hydrogen-bond acceptors (Lipinski definition) is 3. The van der Waals surface area contributed by atoms with Crippen LogP contribution in [-0.2, 0) is 11.4 Å². The van der Waals surface area contributed by atoms with E-state index in [-0.39, 0.29) is 0 Å². The molecule has 0 amide bonds. The fourth-order valence-electron chi connectivity index (χ4n) is 2.69. The molecule has 1 fully saturated rings. The number of methoxy groups -OCH3 is 1. The number of benzene rings is 1. The summed E-state index contributed by atoms with van der Waals surface area (Å²) in [5.41, 5.74) is 2.44. The average Bonchev–Trinajstić information content (AvgIpc) is 2.40. The highest BCUT2D eigenvalue weighted by Crippen LogP contribution is 2.34. The lowest BCUT2D eigenvalue weighted by Gasteiger charge is -2.23. The Morgan fingerprint density at radius 1 is 1.24 bits per heavy atom. The van der Waals surface area contributed by atoms with Crippen LogP contribution in [0.4, 0.5) is 0 Å². The molecule has 1 aromatic rings. The van der Waals surface area contributed by atoms with E-state index < -0.39 is 0 Å². The predicted octanol–water partition coefficient (Wildman–Crippen LogP) is 3.13. The summed E-state index contributed by atoms with van der Waals surface area (Å²) in [4.78, 5) is 4.73. The Morgan fingerprint density at radius 2 is 2.00 bits per heavy atom. The van der Waals surface area contributed by atoms with Gasteiger partial charge in [-0.3, -0.25) is 4.84 Å². The molecule has 0 bridgehead atoms. The zero-order chi connectivity index (χ0) is 12.1.